The summed E-state index contributed by atoms with van der Waals surface area (Å²) in [6.45, 7) is 0.742. The lowest BCUT2D eigenvalue weighted by molar-refractivity contribution is -0.388. The van der Waals surface area contributed by atoms with Crippen LogP contribution in [0.15, 0.2) is 6.33 Å². The Kier molecular flexibility index (Phi) is 5.06. The van der Waals surface area contributed by atoms with E-state index in [4.69, 9.17) is 4.74 Å². The fraction of sp³-hybridized carbons (Fsp3) is 0.556. The highest BCUT2D eigenvalue weighted by atomic mass is 16.6. The largest absolute Gasteiger partial charge is 0.406 e. The average Bonchev–Trinajstić information content (AvgIpc) is 2.68. The minimum atomic E-state index is -0.606. The number of rotatable bonds is 7. The molecule has 0 aliphatic rings. The van der Waals surface area contributed by atoms with E-state index >= 15 is 0 Å². The first-order valence-corrected chi connectivity index (χ1v) is 5.21. The molecule has 9 nitrogen and oxygen atoms in total. The highest BCUT2D eigenvalue weighted by molar-refractivity contribution is 5.80. The number of ether oxygens (including phenoxy) is 1. The number of carbonyl (C=O) groups is 1. The molecular weight excluding hydrogens is 242 g/mol. The van der Waals surface area contributed by atoms with E-state index in [1.807, 2.05) is 0 Å². The smallest absolute Gasteiger partial charge is 0.383 e. The van der Waals surface area contributed by atoms with E-state index in [0.717, 1.165) is 0 Å². The molecule has 0 fully saturated rings. The van der Waals surface area contributed by atoms with Crippen LogP contribution >= 0.6 is 0 Å². The highest BCUT2D eigenvalue weighted by Crippen LogP contribution is 2.20. The normalized spacial score (nSPS) is 10.1. The van der Waals surface area contributed by atoms with E-state index in [0.29, 0.717) is 13.2 Å². The lowest BCUT2D eigenvalue weighted by Gasteiger charge is -2.07. The Hall–Kier alpha value is -2.16. The molecular formula is C9H15N5O4. The maximum atomic E-state index is 11.4. The highest BCUT2D eigenvalue weighted by Gasteiger charge is 2.20. The average molecular weight is 257 g/mol. The minimum Gasteiger partial charge on any atom is -0.383 e. The summed E-state index contributed by atoms with van der Waals surface area (Å²) in [4.78, 5) is 25.1. The Labute approximate surface area is 103 Å². The monoisotopic (exact) mass is 257 g/mol. The molecule has 0 atom stereocenters. The van der Waals surface area contributed by atoms with Crippen LogP contribution in [0, 0.1) is 10.1 Å². The van der Waals surface area contributed by atoms with Crippen LogP contribution in [-0.2, 0) is 16.6 Å². The Morgan fingerprint density at radius 3 is 3.00 bits per heavy atom. The van der Waals surface area contributed by atoms with E-state index in [1.165, 1.54) is 18.0 Å². The van der Waals surface area contributed by atoms with Crippen LogP contribution in [0.2, 0.25) is 0 Å². The molecule has 0 bridgehead atoms. The van der Waals surface area contributed by atoms with Crippen molar-refractivity contribution in [2.75, 3.05) is 32.1 Å². The van der Waals surface area contributed by atoms with Crippen molar-refractivity contribution >= 4 is 17.5 Å². The maximum Gasteiger partial charge on any atom is 0.406 e. The third kappa shape index (κ3) is 3.70. The molecule has 100 valence electrons. The topological polar surface area (TPSA) is 111 Å². The van der Waals surface area contributed by atoms with Gasteiger partial charge >= 0.3 is 5.82 Å². The van der Waals surface area contributed by atoms with Gasteiger partial charge in [0.05, 0.1) is 13.2 Å². The number of aromatic nitrogens is 2. The predicted molar refractivity (Wildman–Crippen MR) is 63.2 cm³/mol. The molecule has 18 heavy (non-hydrogen) atoms. The summed E-state index contributed by atoms with van der Waals surface area (Å²) in [6, 6.07) is 0. The van der Waals surface area contributed by atoms with E-state index in [9.17, 15) is 14.9 Å². The molecule has 1 amide bonds. The van der Waals surface area contributed by atoms with Crippen LogP contribution in [0.1, 0.15) is 0 Å². The Morgan fingerprint density at radius 2 is 2.39 bits per heavy atom. The molecule has 0 aromatic carbocycles. The van der Waals surface area contributed by atoms with Crippen LogP contribution < -0.4 is 10.6 Å². The quantitative estimate of drug-likeness (QED) is 0.387. The molecule has 0 spiro atoms. The third-order valence-corrected chi connectivity index (χ3v) is 2.14. The molecule has 1 rings (SSSR count). The number of aryl methyl sites for hydroxylation is 1. The first kappa shape index (κ1) is 13.9. The SMILES string of the molecule is COCCNC(=O)CNc1c([N+](=O)[O-])ncn1C. The zero-order valence-electron chi connectivity index (χ0n) is 10.2. The molecule has 0 unspecified atom stereocenters. The molecule has 1 aromatic heterocycles. The number of hydrogen-bond acceptors (Lipinski definition) is 6. The number of hydrogen-bond donors (Lipinski definition) is 2. The van der Waals surface area contributed by atoms with Crippen molar-refractivity contribution in [2.45, 2.75) is 0 Å². The lowest BCUT2D eigenvalue weighted by atomic mass is 10.5. The van der Waals surface area contributed by atoms with Gasteiger partial charge in [0.1, 0.15) is 0 Å². The number of nitrogens with one attached hydrogen (secondary N) is 2. The molecule has 0 aliphatic heterocycles. The number of carbonyl (C=O) groups excluding carboxylic acids is 1. The molecule has 2 N–H and O–H groups in total. The van der Waals surface area contributed by atoms with E-state index in [2.05, 4.69) is 15.6 Å². The zero-order valence-corrected chi connectivity index (χ0v) is 10.2. The van der Waals surface area contributed by atoms with Crippen molar-refractivity contribution in [3.8, 4) is 0 Å². The summed E-state index contributed by atoms with van der Waals surface area (Å²) in [5.74, 6) is -0.383. The molecule has 0 radical (unpaired) electrons. The van der Waals surface area contributed by atoms with Crippen LogP contribution in [0.5, 0.6) is 0 Å². The number of imidazole rings is 1. The van der Waals surface area contributed by atoms with Gasteiger partial charge < -0.3 is 25.5 Å². The third-order valence-electron chi connectivity index (χ3n) is 2.14. The summed E-state index contributed by atoms with van der Waals surface area (Å²) in [5, 5.41) is 15.9. The van der Waals surface area contributed by atoms with Gasteiger partial charge in [-0.3, -0.25) is 9.36 Å². The van der Waals surface area contributed by atoms with Crippen LogP contribution in [0.3, 0.4) is 0 Å². The van der Waals surface area contributed by atoms with Crippen molar-refractivity contribution < 1.29 is 14.5 Å². The van der Waals surface area contributed by atoms with Gasteiger partial charge in [-0.25, -0.2) is 0 Å². The molecule has 9 heteroatoms. The predicted octanol–water partition coefficient (Wildman–Crippen LogP) is -0.497. The molecule has 1 heterocycles. The summed E-state index contributed by atoms with van der Waals surface area (Å²) in [7, 11) is 3.13. The van der Waals surface area contributed by atoms with Gasteiger partial charge in [-0.15, -0.1) is 0 Å². The van der Waals surface area contributed by atoms with Crippen molar-refractivity contribution in [2.24, 2.45) is 7.05 Å². The second-order valence-electron chi connectivity index (χ2n) is 3.48. The van der Waals surface area contributed by atoms with Crippen LogP contribution in [0.4, 0.5) is 11.6 Å². The standard InChI is InChI=1S/C9H15N5O4/c1-13-6-12-9(14(16)17)8(13)11-5-7(15)10-3-4-18-2/h6,11H,3-5H2,1-2H3,(H,10,15). The number of nitro groups is 1. The van der Waals surface area contributed by atoms with Crippen molar-refractivity contribution in [1.82, 2.24) is 14.9 Å². The van der Waals surface area contributed by atoms with Gasteiger partial charge in [0, 0.05) is 20.7 Å². The molecule has 0 saturated carbocycles. The van der Waals surface area contributed by atoms with E-state index in [-0.39, 0.29) is 24.1 Å². The van der Waals surface area contributed by atoms with Gasteiger partial charge in [0.25, 0.3) is 0 Å². The van der Waals surface area contributed by atoms with Gasteiger partial charge in [0.15, 0.2) is 0 Å². The second kappa shape index (κ2) is 6.55. The first-order valence-electron chi connectivity index (χ1n) is 5.21. The van der Waals surface area contributed by atoms with Crippen molar-refractivity contribution in [3.63, 3.8) is 0 Å². The van der Waals surface area contributed by atoms with Gasteiger partial charge in [-0.1, -0.05) is 0 Å². The summed E-state index contributed by atoms with van der Waals surface area (Å²) >= 11 is 0. The van der Waals surface area contributed by atoms with Gasteiger partial charge in [-0.2, -0.15) is 0 Å². The molecule has 0 saturated heterocycles. The van der Waals surface area contributed by atoms with E-state index < -0.39 is 4.92 Å². The number of methoxy groups -OCH3 is 1. The molecule has 1 aromatic rings. The van der Waals surface area contributed by atoms with Crippen LogP contribution in [0.25, 0.3) is 0 Å². The summed E-state index contributed by atoms with van der Waals surface area (Å²) < 4.78 is 6.22. The maximum absolute atomic E-state index is 11.4. The first-order chi connectivity index (χ1) is 8.56. The zero-order chi connectivity index (χ0) is 13.5. The summed E-state index contributed by atoms with van der Waals surface area (Å²) in [5.41, 5.74) is 0. The summed E-state index contributed by atoms with van der Waals surface area (Å²) in [6.07, 6.45) is 1.31. The lowest BCUT2D eigenvalue weighted by Crippen LogP contribution is -2.32. The number of anilines is 1. The fourth-order valence-corrected chi connectivity index (χ4v) is 1.27. The van der Waals surface area contributed by atoms with Crippen LogP contribution in [-0.4, -0.2) is 47.2 Å². The second-order valence-corrected chi connectivity index (χ2v) is 3.48. The number of amides is 1. The van der Waals surface area contributed by atoms with E-state index in [1.54, 1.807) is 7.05 Å². The van der Waals surface area contributed by atoms with Crippen molar-refractivity contribution in [3.05, 3.63) is 16.4 Å². The Bertz CT molecular complexity index is 431. The Morgan fingerprint density at radius 1 is 1.67 bits per heavy atom. The molecule has 0 aliphatic carbocycles. The number of nitrogens with zero attached hydrogens (tertiary/aromatic N) is 3. The van der Waals surface area contributed by atoms with Gasteiger partial charge in [-0.05, 0) is 9.91 Å². The van der Waals surface area contributed by atoms with Crippen molar-refractivity contribution in [1.29, 1.82) is 0 Å². The Balaban J connectivity index is 2.50. The fourth-order valence-electron chi connectivity index (χ4n) is 1.27. The van der Waals surface area contributed by atoms with Gasteiger partial charge in [0.2, 0.25) is 18.1 Å². The minimum absolute atomic E-state index is 0.0654.